The highest BCUT2D eigenvalue weighted by Crippen LogP contribution is 2.30. The van der Waals surface area contributed by atoms with E-state index in [-0.39, 0.29) is 5.69 Å². The van der Waals surface area contributed by atoms with E-state index >= 15 is 0 Å². The van der Waals surface area contributed by atoms with E-state index in [1.165, 1.54) is 12.1 Å². The molecule has 0 radical (unpaired) electrons. The van der Waals surface area contributed by atoms with E-state index in [0.717, 1.165) is 33.1 Å². The molecule has 3 aromatic carbocycles. The number of para-hydroxylation sites is 2. The summed E-state index contributed by atoms with van der Waals surface area (Å²) in [5.74, 6) is 0. The number of nitrogens with zero attached hydrogens (tertiary/aromatic N) is 3. The zero-order valence-electron chi connectivity index (χ0n) is 13.7. The first-order valence-electron chi connectivity index (χ1n) is 8.03. The first-order valence-corrected chi connectivity index (χ1v) is 8.03. The van der Waals surface area contributed by atoms with Crippen LogP contribution in [0.25, 0.3) is 21.8 Å². The van der Waals surface area contributed by atoms with Gasteiger partial charge in [-0.25, -0.2) is 4.98 Å². The minimum atomic E-state index is -0.422. The van der Waals surface area contributed by atoms with Crippen LogP contribution in [0.1, 0.15) is 5.56 Å². The Balaban J connectivity index is 1.70. The van der Waals surface area contributed by atoms with Gasteiger partial charge >= 0.3 is 0 Å². The molecule has 0 bridgehead atoms. The molecule has 4 aromatic rings. The Kier molecular flexibility index (Phi) is 3.99. The predicted octanol–water partition coefficient (Wildman–Crippen LogP) is 4.74. The van der Waals surface area contributed by atoms with Crippen LogP contribution < -0.4 is 5.43 Å². The van der Waals surface area contributed by atoms with E-state index in [1.807, 2.05) is 48.5 Å². The Morgan fingerprint density at radius 2 is 1.46 bits per heavy atom. The van der Waals surface area contributed by atoms with Gasteiger partial charge in [-0.2, -0.15) is 5.10 Å². The van der Waals surface area contributed by atoms with Crippen LogP contribution in [0.2, 0.25) is 0 Å². The topological polar surface area (TPSA) is 80.4 Å². The normalized spacial score (nSPS) is 11.2. The zero-order valence-corrected chi connectivity index (χ0v) is 13.7. The highest BCUT2D eigenvalue weighted by molar-refractivity contribution is 6.07. The van der Waals surface area contributed by atoms with Gasteiger partial charge in [0.1, 0.15) is 0 Å². The average molecular weight is 342 g/mol. The van der Waals surface area contributed by atoms with Gasteiger partial charge in [-0.15, -0.1) is 0 Å². The number of nitrogens with one attached hydrogen (secondary N) is 1. The first kappa shape index (κ1) is 15.7. The summed E-state index contributed by atoms with van der Waals surface area (Å²) in [6, 6.07) is 22.0. The summed E-state index contributed by atoms with van der Waals surface area (Å²) in [6.07, 6.45) is 1.63. The quantitative estimate of drug-likeness (QED) is 0.251. The van der Waals surface area contributed by atoms with E-state index in [2.05, 4.69) is 15.5 Å². The van der Waals surface area contributed by atoms with Crippen LogP contribution >= 0.6 is 0 Å². The standard InChI is InChI=1S/C20H14N4O2/c25-24(26)15-11-9-14(10-12-15)13-21-23-20-16-5-1-3-7-18(16)22-19-8-4-2-6-17(19)20/h1-13H,(H,22,23)/b21-13+. The number of nitro benzene ring substituents is 1. The van der Waals surface area contributed by atoms with Crippen LogP contribution in [0.3, 0.4) is 0 Å². The van der Waals surface area contributed by atoms with Crippen molar-refractivity contribution < 1.29 is 4.92 Å². The summed E-state index contributed by atoms with van der Waals surface area (Å²) in [5.41, 5.74) is 6.59. The van der Waals surface area contributed by atoms with Gasteiger partial charge in [-0.3, -0.25) is 15.5 Å². The van der Waals surface area contributed by atoms with Crippen LogP contribution in [0, 0.1) is 10.1 Å². The molecule has 0 fully saturated rings. The first-order chi connectivity index (χ1) is 12.7. The summed E-state index contributed by atoms with van der Waals surface area (Å²) < 4.78 is 0. The number of hydrazone groups is 1. The van der Waals surface area contributed by atoms with Crippen molar-refractivity contribution in [3.05, 3.63) is 88.5 Å². The molecule has 0 unspecified atom stereocenters. The number of rotatable bonds is 4. The number of anilines is 1. The minimum absolute atomic E-state index is 0.0567. The lowest BCUT2D eigenvalue weighted by molar-refractivity contribution is -0.384. The lowest BCUT2D eigenvalue weighted by Crippen LogP contribution is -1.95. The molecule has 4 rings (SSSR count). The molecule has 1 aromatic heterocycles. The monoisotopic (exact) mass is 342 g/mol. The highest BCUT2D eigenvalue weighted by Gasteiger charge is 2.07. The number of nitro groups is 1. The van der Waals surface area contributed by atoms with Crippen LogP contribution in [-0.4, -0.2) is 16.1 Å². The Morgan fingerprint density at radius 3 is 2.04 bits per heavy atom. The van der Waals surface area contributed by atoms with E-state index in [0.29, 0.717) is 0 Å². The Bertz CT molecular complexity index is 1080. The number of aromatic nitrogens is 1. The molecule has 6 heteroatoms. The smallest absolute Gasteiger partial charge is 0.269 e. The molecule has 0 spiro atoms. The third-order valence-corrected chi connectivity index (χ3v) is 4.08. The van der Waals surface area contributed by atoms with Crippen LogP contribution in [-0.2, 0) is 0 Å². The number of pyridine rings is 1. The third kappa shape index (κ3) is 2.95. The molecule has 0 atom stereocenters. The van der Waals surface area contributed by atoms with Crippen molar-refractivity contribution >= 4 is 39.4 Å². The van der Waals surface area contributed by atoms with Crippen molar-refractivity contribution in [3.8, 4) is 0 Å². The highest BCUT2D eigenvalue weighted by atomic mass is 16.6. The number of non-ortho nitro benzene ring substituents is 1. The largest absolute Gasteiger partial charge is 0.277 e. The molecule has 126 valence electrons. The molecule has 0 saturated heterocycles. The van der Waals surface area contributed by atoms with Gasteiger partial charge in [0.25, 0.3) is 5.69 Å². The lowest BCUT2D eigenvalue weighted by atomic mass is 10.1. The summed E-state index contributed by atoms with van der Waals surface area (Å²) in [7, 11) is 0. The number of fused-ring (bicyclic) bond motifs is 2. The van der Waals surface area contributed by atoms with Gasteiger partial charge in [0.2, 0.25) is 0 Å². The molecule has 6 nitrogen and oxygen atoms in total. The van der Waals surface area contributed by atoms with E-state index in [9.17, 15) is 10.1 Å². The summed E-state index contributed by atoms with van der Waals surface area (Å²) in [5, 5.41) is 17.0. The summed E-state index contributed by atoms with van der Waals surface area (Å²) in [4.78, 5) is 15.0. The second kappa shape index (κ2) is 6.60. The Labute approximate surface area is 149 Å². The molecular weight excluding hydrogens is 328 g/mol. The van der Waals surface area contributed by atoms with Crippen molar-refractivity contribution in [2.75, 3.05) is 5.43 Å². The predicted molar refractivity (Wildman–Crippen MR) is 104 cm³/mol. The van der Waals surface area contributed by atoms with E-state index in [1.54, 1.807) is 18.3 Å². The Morgan fingerprint density at radius 1 is 0.885 bits per heavy atom. The summed E-state index contributed by atoms with van der Waals surface area (Å²) in [6.45, 7) is 0. The average Bonchev–Trinajstić information content (AvgIpc) is 2.68. The molecule has 0 aliphatic rings. The van der Waals surface area contributed by atoms with Gasteiger partial charge < -0.3 is 0 Å². The van der Waals surface area contributed by atoms with Crippen LogP contribution in [0.4, 0.5) is 11.4 Å². The van der Waals surface area contributed by atoms with E-state index in [4.69, 9.17) is 0 Å². The van der Waals surface area contributed by atoms with Crippen LogP contribution in [0.5, 0.6) is 0 Å². The van der Waals surface area contributed by atoms with Gasteiger partial charge in [0.15, 0.2) is 0 Å². The zero-order chi connectivity index (χ0) is 17.9. The van der Waals surface area contributed by atoms with E-state index < -0.39 is 4.92 Å². The molecule has 1 N–H and O–H groups in total. The van der Waals surface area contributed by atoms with Gasteiger partial charge in [-0.1, -0.05) is 36.4 Å². The van der Waals surface area contributed by atoms with Crippen molar-refractivity contribution in [2.45, 2.75) is 0 Å². The molecule has 0 aliphatic heterocycles. The van der Waals surface area contributed by atoms with Gasteiger partial charge in [0, 0.05) is 22.9 Å². The molecule has 1 heterocycles. The molecule has 0 saturated carbocycles. The maximum Gasteiger partial charge on any atom is 0.269 e. The SMILES string of the molecule is O=[N+]([O-])c1ccc(/C=N/Nc2c3ccccc3nc3ccccc23)cc1. The second-order valence-corrected chi connectivity index (χ2v) is 5.74. The minimum Gasteiger partial charge on any atom is -0.277 e. The fourth-order valence-electron chi connectivity index (χ4n) is 2.81. The van der Waals surface area contributed by atoms with Crippen LogP contribution in [0.15, 0.2) is 77.9 Å². The second-order valence-electron chi connectivity index (χ2n) is 5.74. The fraction of sp³-hybridized carbons (Fsp3) is 0. The third-order valence-electron chi connectivity index (χ3n) is 4.08. The molecule has 26 heavy (non-hydrogen) atoms. The maximum atomic E-state index is 10.7. The van der Waals surface area contributed by atoms with Crippen molar-refractivity contribution in [1.29, 1.82) is 0 Å². The van der Waals surface area contributed by atoms with Crippen molar-refractivity contribution in [1.82, 2.24) is 4.98 Å². The fourth-order valence-corrected chi connectivity index (χ4v) is 2.81. The van der Waals surface area contributed by atoms with Gasteiger partial charge in [-0.05, 0) is 29.8 Å². The Hall–Kier alpha value is -3.80. The van der Waals surface area contributed by atoms with Crippen molar-refractivity contribution in [3.63, 3.8) is 0 Å². The molecule has 0 amide bonds. The molecule has 0 aliphatic carbocycles. The summed E-state index contributed by atoms with van der Waals surface area (Å²) >= 11 is 0. The number of benzene rings is 3. The molecular formula is C20H14N4O2. The lowest BCUT2D eigenvalue weighted by Gasteiger charge is -2.09. The van der Waals surface area contributed by atoms with Gasteiger partial charge in [0.05, 0.1) is 27.9 Å². The number of hydrogen-bond donors (Lipinski definition) is 1. The maximum absolute atomic E-state index is 10.7. The number of hydrogen-bond acceptors (Lipinski definition) is 5. The van der Waals surface area contributed by atoms with Crippen molar-refractivity contribution in [2.24, 2.45) is 5.10 Å².